The average Bonchev–Trinajstić information content (AvgIpc) is 2.26. The Hall–Kier alpha value is -0.0400. The van der Waals surface area contributed by atoms with E-state index >= 15 is 0 Å². The highest BCUT2D eigenvalue weighted by atomic mass is 14.9. The van der Waals surface area contributed by atoms with Gasteiger partial charge in [0, 0.05) is 6.04 Å². The van der Waals surface area contributed by atoms with E-state index in [0.717, 1.165) is 30.3 Å². The normalized spacial score (nSPS) is 29.8. The third kappa shape index (κ3) is 4.91. The van der Waals surface area contributed by atoms with Crippen LogP contribution in [0.4, 0.5) is 0 Å². The third-order valence-corrected chi connectivity index (χ3v) is 4.79. The van der Waals surface area contributed by atoms with Crippen LogP contribution in [0.3, 0.4) is 0 Å². The molecule has 1 aliphatic carbocycles. The second-order valence-electron chi connectivity index (χ2n) is 7.77. The smallest absolute Gasteiger partial charge is 0.00954 e. The summed E-state index contributed by atoms with van der Waals surface area (Å²) in [7, 11) is 0. The van der Waals surface area contributed by atoms with Gasteiger partial charge in [-0.15, -0.1) is 0 Å². The molecule has 1 N–H and O–H groups in total. The molecule has 0 aliphatic heterocycles. The molecule has 1 fully saturated rings. The standard InChI is InChI=1S/C17H35N/c1-7-18-16-11-10-15(17(4,5)6)12-14(16)9-8-13(2)3/h13-16,18H,7-12H2,1-6H3. The molecular weight excluding hydrogens is 218 g/mol. The van der Waals surface area contributed by atoms with Gasteiger partial charge in [0.25, 0.3) is 0 Å². The van der Waals surface area contributed by atoms with E-state index in [1.165, 1.54) is 32.1 Å². The predicted molar refractivity (Wildman–Crippen MR) is 81.8 cm³/mol. The van der Waals surface area contributed by atoms with Crippen molar-refractivity contribution in [2.75, 3.05) is 6.54 Å². The largest absolute Gasteiger partial charge is 0.314 e. The van der Waals surface area contributed by atoms with Crippen molar-refractivity contribution >= 4 is 0 Å². The zero-order valence-electron chi connectivity index (χ0n) is 13.6. The van der Waals surface area contributed by atoms with Crippen LogP contribution in [-0.2, 0) is 0 Å². The van der Waals surface area contributed by atoms with Gasteiger partial charge in [-0.25, -0.2) is 0 Å². The van der Waals surface area contributed by atoms with Crippen LogP contribution in [0.25, 0.3) is 0 Å². The second kappa shape index (κ2) is 6.93. The van der Waals surface area contributed by atoms with Gasteiger partial charge < -0.3 is 5.32 Å². The summed E-state index contributed by atoms with van der Waals surface area (Å²) in [6.45, 7) is 15.3. The van der Waals surface area contributed by atoms with Gasteiger partial charge in [-0.05, 0) is 55.4 Å². The Morgan fingerprint density at radius 1 is 1.17 bits per heavy atom. The Balaban J connectivity index is 2.58. The maximum Gasteiger partial charge on any atom is 0.00954 e. The lowest BCUT2D eigenvalue weighted by molar-refractivity contribution is 0.107. The minimum absolute atomic E-state index is 0.493. The summed E-state index contributed by atoms with van der Waals surface area (Å²) in [4.78, 5) is 0. The first-order chi connectivity index (χ1) is 8.34. The van der Waals surface area contributed by atoms with Crippen LogP contribution >= 0.6 is 0 Å². The lowest BCUT2D eigenvalue weighted by atomic mass is 9.66. The molecule has 18 heavy (non-hydrogen) atoms. The van der Waals surface area contributed by atoms with E-state index in [-0.39, 0.29) is 0 Å². The van der Waals surface area contributed by atoms with E-state index in [2.05, 4.69) is 46.9 Å². The SMILES string of the molecule is CCNC1CCC(C(C)(C)C)CC1CCC(C)C. The van der Waals surface area contributed by atoms with Crippen LogP contribution in [0.5, 0.6) is 0 Å². The van der Waals surface area contributed by atoms with Crippen LogP contribution in [0.1, 0.15) is 73.6 Å². The highest BCUT2D eigenvalue weighted by Gasteiger charge is 2.35. The molecule has 0 saturated heterocycles. The van der Waals surface area contributed by atoms with Crippen molar-refractivity contribution in [3.05, 3.63) is 0 Å². The quantitative estimate of drug-likeness (QED) is 0.737. The van der Waals surface area contributed by atoms with Crippen LogP contribution in [0.2, 0.25) is 0 Å². The highest BCUT2D eigenvalue weighted by molar-refractivity contribution is 4.88. The van der Waals surface area contributed by atoms with Crippen molar-refractivity contribution in [1.29, 1.82) is 0 Å². The van der Waals surface area contributed by atoms with E-state index in [4.69, 9.17) is 0 Å². The number of hydrogen-bond donors (Lipinski definition) is 1. The van der Waals surface area contributed by atoms with Crippen molar-refractivity contribution < 1.29 is 0 Å². The van der Waals surface area contributed by atoms with Crippen molar-refractivity contribution in [2.24, 2.45) is 23.2 Å². The number of hydrogen-bond acceptors (Lipinski definition) is 1. The Kier molecular flexibility index (Phi) is 6.17. The Labute approximate surface area is 115 Å². The van der Waals surface area contributed by atoms with E-state index in [1.807, 2.05) is 0 Å². The van der Waals surface area contributed by atoms with Gasteiger partial charge in [0.1, 0.15) is 0 Å². The molecule has 1 rings (SSSR count). The van der Waals surface area contributed by atoms with Crippen LogP contribution in [0, 0.1) is 23.2 Å². The second-order valence-corrected chi connectivity index (χ2v) is 7.77. The van der Waals surface area contributed by atoms with E-state index in [1.54, 1.807) is 0 Å². The van der Waals surface area contributed by atoms with Crippen molar-refractivity contribution in [3.63, 3.8) is 0 Å². The first-order valence-corrected chi connectivity index (χ1v) is 8.08. The minimum atomic E-state index is 0.493. The average molecular weight is 253 g/mol. The summed E-state index contributed by atoms with van der Waals surface area (Å²) in [5.41, 5.74) is 0.493. The van der Waals surface area contributed by atoms with Crippen LogP contribution in [0.15, 0.2) is 0 Å². The molecule has 0 heterocycles. The van der Waals surface area contributed by atoms with Crippen LogP contribution in [-0.4, -0.2) is 12.6 Å². The number of nitrogens with one attached hydrogen (secondary N) is 1. The molecule has 0 spiro atoms. The van der Waals surface area contributed by atoms with Crippen LogP contribution < -0.4 is 5.32 Å². The lowest BCUT2D eigenvalue weighted by Gasteiger charge is -2.42. The first-order valence-electron chi connectivity index (χ1n) is 8.08. The van der Waals surface area contributed by atoms with Gasteiger partial charge in [0.05, 0.1) is 0 Å². The predicted octanol–water partition coefficient (Wildman–Crippen LogP) is 4.86. The lowest BCUT2D eigenvalue weighted by Crippen LogP contribution is -2.43. The molecule has 1 nitrogen and oxygen atoms in total. The molecular formula is C17H35N. The molecule has 0 aromatic carbocycles. The van der Waals surface area contributed by atoms with E-state index in [0.29, 0.717) is 5.41 Å². The monoisotopic (exact) mass is 253 g/mol. The molecule has 0 aromatic heterocycles. The molecule has 3 atom stereocenters. The maximum atomic E-state index is 3.73. The van der Waals surface area contributed by atoms with Crippen molar-refractivity contribution in [3.8, 4) is 0 Å². The number of rotatable bonds is 5. The molecule has 108 valence electrons. The third-order valence-electron chi connectivity index (χ3n) is 4.79. The Bertz CT molecular complexity index is 226. The van der Waals surface area contributed by atoms with Gasteiger partial charge >= 0.3 is 0 Å². The van der Waals surface area contributed by atoms with Gasteiger partial charge in [-0.1, -0.05) is 48.0 Å². The minimum Gasteiger partial charge on any atom is -0.314 e. The molecule has 1 heteroatoms. The molecule has 3 unspecified atom stereocenters. The highest BCUT2D eigenvalue weighted by Crippen LogP contribution is 2.42. The van der Waals surface area contributed by atoms with E-state index in [9.17, 15) is 0 Å². The summed E-state index contributed by atoms with van der Waals surface area (Å²) in [5, 5.41) is 3.73. The first kappa shape index (κ1) is 16.0. The Morgan fingerprint density at radius 3 is 2.33 bits per heavy atom. The summed E-state index contributed by atoms with van der Waals surface area (Å²) < 4.78 is 0. The topological polar surface area (TPSA) is 12.0 Å². The fourth-order valence-electron chi connectivity index (χ4n) is 3.45. The van der Waals surface area contributed by atoms with Gasteiger partial charge in [0.2, 0.25) is 0 Å². The molecule has 0 aromatic rings. The summed E-state index contributed by atoms with van der Waals surface area (Å²) in [6, 6.07) is 0.785. The Morgan fingerprint density at radius 2 is 1.83 bits per heavy atom. The van der Waals surface area contributed by atoms with Crippen molar-refractivity contribution in [1.82, 2.24) is 5.32 Å². The summed E-state index contributed by atoms with van der Waals surface area (Å²) in [6.07, 6.45) is 7.05. The summed E-state index contributed by atoms with van der Waals surface area (Å²) >= 11 is 0. The van der Waals surface area contributed by atoms with Crippen molar-refractivity contribution in [2.45, 2.75) is 79.7 Å². The van der Waals surface area contributed by atoms with Gasteiger partial charge in [0.15, 0.2) is 0 Å². The zero-order valence-corrected chi connectivity index (χ0v) is 13.6. The zero-order chi connectivity index (χ0) is 13.8. The molecule has 1 saturated carbocycles. The van der Waals surface area contributed by atoms with E-state index < -0.39 is 0 Å². The maximum absolute atomic E-state index is 3.73. The molecule has 1 aliphatic rings. The molecule has 0 bridgehead atoms. The van der Waals surface area contributed by atoms with Gasteiger partial charge in [-0.3, -0.25) is 0 Å². The fourth-order valence-corrected chi connectivity index (χ4v) is 3.45. The fraction of sp³-hybridized carbons (Fsp3) is 1.00. The molecule has 0 radical (unpaired) electrons. The molecule has 0 amide bonds. The van der Waals surface area contributed by atoms with Gasteiger partial charge in [-0.2, -0.15) is 0 Å². The summed E-state index contributed by atoms with van der Waals surface area (Å²) in [5.74, 6) is 2.68.